The van der Waals surface area contributed by atoms with E-state index in [0.29, 0.717) is 5.69 Å². The molecule has 0 fully saturated rings. The van der Waals surface area contributed by atoms with Crippen LogP contribution in [0.5, 0.6) is 5.75 Å². The van der Waals surface area contributed by atoms with Gasteiger partial charge >= 0.3 is 0 Å². The third kappa shape index (κ3) is 3.12. The van der Waals surface area contributed by atoms with Gasteiger partial charge in [-0.15, -0.1) is 0 Å². The Balaban J connectivity index is 3.12. The number of pyridine rings is 1. The predicted octanol–water partition coefficient (Wildman–Crippen LogP) is 1.43. The normalized spacial score (nSPS) is 14.2. The van der Waals surface area contributed by atoms with Crippen LogP contribution in [0.4, 0.5) is 0 Å². The van der Waals surface area contributed by atoms with Gasteiger partial charge in [0.15, 0.2) is 9.84 Å². The summed E-state index contributed by atoms with van der Waals surface area (Å²) in [5.74, 6) is 0.722. The number of hydrogen-bond acceptors (Lipinski definition) is 5. The molecule has 6 heteroatoms. The summed E-state index contributed by atoms with van der Waals surface area (Å²) < 4.78 is 27.6. The molecule has 0 aliphatic heterocycles. The van der Waals surface area contributed by atoms with E-state index in [2.05, 4.69) is 4.98 Å². The van der Waals surface area contributed by atoms with E-state index in [1.54, 1.807) is 13.3 Å². The Morgan fingerprint density at radius 1 is 1.40 bits per heavy atom. The number of aryl methyl sites for hydroxylation is 1. The summed E-state index contributed by atoms with van der Waals surface area (Å²) >= 11 is 0. The molecular weight excluding hydrogens is 278 g/mol. The zero-order valence-corrected chi connectivity index (χ0v) is 13.7. The highest BCUT2D eigenvalue weighted by atomic mass is 32.2. The van der Waals surface area contributed by atoms with Crippen LogP contribution in [0, 0.1) is 13.8 Å². The van der Waals surface area contributed by atoms with Crippen LogP contribution in [0.15, 0.2) is 6.20 Å². The average molecular weight is 301 g/mol. The lowest BCUT2D eigenvalue weighted by atomic mass is 9.98. The first-order valence-corrected chi connectivity index (χ1v) is 8.28. The van der Waals surface area contributed by atoms with Gasteiger partial charge in [0, 0.05) is 35.7 Å². The van der Waals surface area contributed by atoms with E-state index < -0.39 is 20.7 Å². The third-order valence-electron chi connectivity index (χ3n) is 3.89. The summed E-state index contributed by atoms with van der Waals surface area (Å²) in [6.07, 6.45) is 1.94. The van der Waals surface area contributed by atoms with Crippen molar-refractivity contribution in [1.29, 1.82) is 0 Å². The maximum Gasteiger partial charge on any atom is 0.155 e. The van der Waals surface area contributed by atoms with Crippen molar-refractivity contribution in [2.45, 2.75) is 45.0 Å². The van der Waals surface area contributed by atoms with E-state index in [0.717, 1.165) is 23.1 Å². The predicted molar refractivity (Wildman–Crippen MR) is 78.9 cm³/mol. The quantitative estimate of drug-likeness (QED) is 0.890. The van der Waals surface area contributed by atoms with Crippen molar-refractivity contribution in [3.05, 3.63) is 23.0 Å². The maximum absolute atomic E-state index is 11.7. The molecule has 0 bridgehead atoms. The summed E-state index contributed by atoms with van der Waals surface area (Å²) in [6.45, 7) is 6.79. The van der Waals surface area contributed by atoms with Gasteiger partial charge in [-0.05, 0) is 27.7 Å². The van der Waals surface area contributed by atoms with Gasteiger partial charge in [-0.3, -0.25) is 4.98 Å². The van der Waals surface area contributed by atoms with Gasteiger partial charge in [-0.25, -0.2) is 8.42 Å². The number of hydrogen-bond donors (Lipinski definition) is 1. The van der Waals surface area contributed by atoms with E-state index in [-0.39, 0.29) is 6.42 Å². The Morgan fingerprint density at radius 2 is 1.95 bits per heavy atom. The highest BCUT2D eigenvalue weighted by molar-refractivity contribution is 7.92. The Morgan fingerprint density at radius 3 is 2.40 bits per heavy atom. The highest BCUT2D eigenvalue weighted by Crippen LogP contribution is 2.28. The standard InChI is InChI=1S/C14H23NO4S/c1-9-8-15-11(10(2)13(9)19-5)7-12(16)14(3,4)20(6,17)18/h8,12,16H,7H2,1-6H3. The van der Waals surface area contributed by atoms with Crippen molar-refractivity contribution in [2.75, 3.05) is 13.4 Å². The summed E-state index contributed by atoms with van der Waals surface area (Å²) in [4.78, 5) is 4.29. The number of aromatic nitrogens is 1. The number of methoxy groups -OCH3 is 1. The molecule has 0 radical (unpaired) electrons. The minimum absolute atomic E-state index is 0.169. The molecule has 1 N–H and O–H groups in total. The number of ether oxygens (including phenoxy) is 1. The first kappa shape index (κ1) is 16.9. The fraction of sp³-hybridized carbons (Fsp3) is 0.643. The van der Waals surface area contributed by atoms with Crippen LogP contribution in [0.25, 0.3) is 0 Å². The smallest absolute Gasteiger partial charge is 0.155 e. The number of nitrogens with zero attached hydrogens (tertiary/aromatic N) is 1. The number of aliphatic hydroxyl groups excluding tert-OH is 1. The van der Waals surface area contributed by atoms with Gasteiger partial charge in [-0.1, -0.05) is 0 Å². The molecule has 0 aliphatic carbocycles. The molecule has 0 aromatic carbocycles. The molecule has 1 unspecified atom stereocenters. The molecule has 114 valence electrons. The fourth-order valence-electron chi connectivity index (χ4n) is 1.95. The van der Waals surface area contributed by atoms with Crippen LogP contribution in [-0.2, 0) is 16.3 Å². The second kappa shape index (κ2) is 5.69. The summed E-state index contributed by atoms with van der Waals surface area (Å²) in [5, 5.41) is 10.3. The Hall–Kier alpha value is -1.14. The van der Waals surface area contributed by atoms with E-state index in [9.17, 15) is 13.5 Å². The maximum atomic E-state index is 11.7. The fourth-order valence-corrected chi connectivity index (χ4v) is 2.53. The van der Waals surface area contributed by atoms with Crippen LogP contribution in [0.2, 0.25) is 0 Å². The van der Waals surface area contributed by atoms with E-state index in [4.69, 9.17) is 4.74 Å². The summed E-state index contributed by atoms with van der Waals surface area (Å²) in [7, 11) is -1.79. The molecule has 0 saturated heterocycles. The molecular formula is C14H23NO4S. The number of rotatable bonds is 5. The minimum Gasteiger partial charge on any atom is -0.496 e. The topological polar surface area (TPSA) is 76.5 Å². The molecule has 1 rings (SSSR count). The van der Waals surface area contributed by atoms with E-state index in [1.807, 2.05) is 13.8 Å². The summed E-state index contributed by atoms with van der Waals surface area (Å²) in [6, 6.07) is 0. The van der Waals surface area contributed by atoms with E-state index >= 15 is 0 Å². The van der Waals surface area contributed by atoms with Crippen molar-refractivity contribution in [3.63, 3.8) is 0 Å². The number of sulfone groups is 1. The Labute approximate surface area is 120 Å². The third-order valence-corrected chi connectivity index (χ3v) is 6.08. The largest absolute Gasteiger partial charge is 0.496 e. The lowest BCUT2D eigenvalue weighted by Gasteiger charge is -2.29. The van der Waals surface area contributed by atoms with Crippen molar-refractivity contribution >= 4 is 9.84 Å². The molecule has 1 heterocycles. The highest BCUT2D eigenvalue weighted by Gasteiger charge is 2.38. The van der Waals surface area contributed by atoms with E-state index in [1.165, 1.54) is 13.8 Å². The van der Waals surface area contributed by atoms with Crippen LogP contribution >= 0.6 is 0 Å². The molecule has 0 spiro atoms. The van der Waals surface area contributed by atoms with Crippen molar-refractivity contribution in [3.8, 4) is 5.75 Å². The molecule has 0 amide bonds. The number of aliphatic hydroxyl groups is 1. The SMILES string of the molecule is COc1c(C)cnc(CC(O)C(C)(C)S(C)(=O)=O)c1C. The Kier molecular flexibility index (Phi) is 4.82. The molecule has 1 atom stereocenters. The van der Waals surface area contributed by atoms with Crippen LogP contribution < -0.4 is 4.74 Å². The first-order chi connectivity index (χ1) is 9.02. The van der Waals surface area contributed by atoms with Crippen molar-refractivity contribution < 1.29 is 18.3 Å². The zero-order valence-electron chi connectivity index (χ0n) is 12.9. The molecule has 1 aromatic rings. The lowest BCUT2D eigenvalue weighted by molar-refractivity contribution is 0.136. The van der Waals surface area contributed by atoms with Gasteiger partial charge < -0.3 is 9.84 Å². The van der Waals surface area contributed by atoms with Gasteiger partial charge in [-0.2, -0.15) is 0 Å². The molecule has 20 heavy (non-hydrogen) atoms. The summed E-state index contributed by atoms with van der Waals surface area (Å²) in [5.41, 5.74) is 2.39. The van der Waals surface area contributed by atoms with Crippen molar-refractivity contribution in [2.24, 2.45) is 0 Å². The first-order valence-electron chi connectivity index (χ1n) is 6.39. The van der Waals surface area contributed by atoms with Crippen LogP contribution in [0.1, 0.15) is 30.7 Å². The average Bonchev–Trinajstić information content (AvgIpc) is 2.31. The lowest BCUT2D eigenvalue weighted by Crippen LogP contribution is -2.44. The minimum atomic E-state index is -3.37. The molecule has 0 aliphatic rings. The second-order valence-corrected chi connectivity index (χ2v) is 8.24. The second-order valence-electron chi connectivity index (χ2n) is 5.64. The van der Waals surface area contributed by atoms with Gasteiger partial charge in [0.1, 0.15) is 5.75 Å². The van der Waals surface area contributed by atoms with Crippen LogP contribution in [-0.4, -0.2) is 42.7 Å². The van der Waals surface area contributed by atoms with Gasteiger partial charge in [0.25, 0.3) is 0 Å². The molecule has 1 aromatic heterocycles. The molecule has 0 saturated carbocycles. The molecule has 5 nitrogen and oxygen atoms in total. The van der Waals surface area contributed by atoms with Gasteiger partial charge in [0.05, 0.1) is 18.0 Å². The van der Waals surface area contributed by atoms with Gasteiger partial charge in [0.2, 0.25) is 0 Å². The van der Waals surface area contributed by atoms with Crippen LogP contribution in [0.3, 0.4) is 0 Å². The van der Waals surface area contributed by atoms with Crippen molar-refractivity contribution in [1.82, 2.24) is 4.98 Å². The zero-order chi connectivity index (χ0) is 15.7. The Bertz CT molecular complexity index is 593. The monoisotopic (exact) mass is 301 g/mol.